The number of amides is 1. The van der Waals surface area contributed by atoms with Gasteiger partial charge in [-0.15, -0.1) is 22.0 Å². The Bertz CT molecular complexity index is 1070. The second-order valence-corrected chi connectivity index (χ2v) is 7.77. The van der Waals surface area contributed by atoms with Crippen LogP contribution in [-0.2, 0) is 4.79 Å². The van der Waals surface area contributed by atoms with Gasteiger partial charge in [0.15, 0.2) is 11.5 Å². The van der Waals surface area contributed by atoms with Gasteiger partial charge in [-0.2, -0.15) is 0 Å². The van der Waals surface area contributed by atoms with E-state index in [1.54, 1.807) is 24.8 Å². The molecule has 1 aromatic carbocycles. The summed E-state index contributed by atoms with van der Waals surface area (Å²) in [5.74, 6) is -1.20. The standard InChI is InChI=1S/C19H15N3O4S2/c1-10-3-8-13(26-10)16(23)14-15(11-4-6-12(27-2)7-5-11)22(18(25)17(14)24)19-21-20-9-28-19/h3-9,15,24H,1-2H3. The van der Waals surface area contributed by atoms with Crippen LogP contribution >= 0.6 is 23.1 Å². The second kappa shape index (κ2) is 7.25. The third-order valence-corrected chi connectivity index (χ3v) is 5.84. The summed E-state index contributed by atoms with van der Waals surface area (Å²) in [6.07, 6.45) is 1.96. The van der Waals surface area contributed by atoms with Gasteiger partial charge in [0.1, 0.15) is 11.3 Å². The highest BCUT2D eigenvalue weighted by Crippen LogP contribution is 2.42. The highest BCUT2D eigenvalue weighted by molar-refractivity contribution is 7.98. The Balaban J connectivity index is 1.85. The van der Waals surface area contributed by atoms with E-state index in [0.717, 1.165) is 16.2 Å². The Kier molecular flexibility index (Phi) is 4.78. The Morgan fingerprint density at radius 2 is 2.00 bits per heavy atom. The van der Waals surface area contributed by atoms with Gasteiger partial charge in [0, 0.05) is 4.90 Å². The van der Waals surface area contributed by atoms with Crippen LogP contribution in [0, 0.1) is 6.92 Å². The minimum atomic E-state index is -0.825. The molecule has 2 aromatic heterocycles. The van der Waals surface area contributed by atoms with Gasteiger partial charge in [0.2, 0.25) is 10.9 Å². The molecule has 4 rings (SSSR count). The molecular formula is C19H15N3O4S2. The molecule has 1 atom stereocenters. The molecule has 0 radical (unpaired) electrons. The van der Waals surface area contributed by atoms with Crippen molar-refractivity contribution in [3.05, 3.63) is 70.3 Å². The van der Waals surface area contributed by atoms with Crippen molar-refractivity contribution in [3.63, 3.8) is 0 Å². The summed E-state index contributed by atoms with van der Waals surface area (Å²) in [6.45, 7) is 1.72. The summed E-state index contributed by atoms with van der Waals surface area (Å²) in [4.78, 5) is 28.3. The molecule has 1 N–H and O–H groups in total. The number of rotatable bonds is 5. The zero-order valence-corrected chi connectivity index (χ0v) is 16.6. The first-order valence-electron chi connectivity index (χ1n) is 8.29. The summed E-state index contributed by atoms with van der Waals surface area (Å²) in [5, 5.41) is 18.6. The lowest BCUT2D eigenvalue weighted by molar-refractivity contribution is -0.117. The van der Waals surface area contributed by atoms with Crippen molar-refractivity contribution in [2.75, 3.05) is 11.2 Å². The van der Waals surface area contributed by atoms with Crippen molar-refractivity contribution in [1.82, 2.24) is 10.2 Å². The summed E-state index contributed by atoms with van der Waals surface area (Å²) < 4.78 is 5.43. The van der Waals surface area contributed by atoms with Crippen molar-refractivity contribution in [1.29, 1.82) is 0 Å². The van der Waals surface area contributed by atoms with Gasteiger partial charge in [-0.1, -0.05) is 23.5 Å². The van der Waals surface area contributed by atoms with E-state index in [-0.39, 0.29) is 11.3 Å². The number of Topliss-reactive ketones (excluding diaryl/α,β-unsaturated/α-hetero) is 1. The van der Waals surface area contributed by atoms with Crippen molar-refractivity contribution in [2.24, 2.45) is 0 Å². The van der Waals surface area contributed by atoms with E-state index in [4.69, 9.17) is 4.42 Å². The van der Waals surface area contributed by atoms with Gasteiger partial charge in [0.05, 0.1) is 11.6 Å². The van der Waals surface area contributed by atoms with Gasteiger partial charge in [-0.25, -0.2) is 0 Å². The molecule has 0 aliphatic carbocycles. The van der Waals surface area contributed by atoms with Gasteiger partial charge in [0.25, 0.3) is 5.91 Å². The lowest BCUT2D eigenvalue weighted by Gasteiger charge is -2.24. The summed E-state index contributed by atoms with van der Waals surface area (Å²) >= 11 is 2.73. The summed E-state index contributed by atoms with van der Waals surface area (Å²) in [5.41, 5.74) is 2.13. The molecule has 1 aliphatic rings. The Hall–Kier alpha value is -2.91. The molecule has 0 bridgehead atoms. The number of aliphatic hydroxyl groups excluding tert-OH is 1. The van der Waals surface area contributed by atoms with Crippen LogP contribution in [0.2, 0.25) is 0 Å². The molecule has 142 valence electrons. The average Bonchev–Trinajstić information content (AvgIpc) is 3.43. The van der Waals surface area contributed by atoms with Crippen LogP contribution < -0.4 is 4.90 Å². The number of ketones is 1. The fourth-order valence-electron chi connectivity index (χ4n) is 3.10. The maximum Gasteiger partial charge on any atom is 0.296 e. The van der Waals surface area contributed by atoms with E-state index in [9.17, 15) is 14.7 Å². The van der Waals surface area contributed by atoms with Crippen molar-refractivity contribution >= 4 is 39.9 Å². The lowest BCUT2D eigenvalue weighted by Crippen LogP contribution is -2.31. The normalized spacial score (nSPS) is 16.9. The molecule has 0 fully saturated rings. The Labute approximate surface area is 168 Å². The first kappa shape index (κ1) is 18.5. The Morgan fingerprint density at radius 3 is 2.57 bits per heavy atom. The van der Waals surface area contributed by atoms with E-state index < -0.39 is 23.5 Å². The molecule has 7 nitrogen and oxygen atoms in total. The van der Waals surface area contributed by atoms with Gasteiger partial charge >= 0.3 is 0 Å². The highest BCUT2D eigenvalue weighted by Gasteiger charge is 2.46. The fraction of sp³-hybridized carbons (Fsp3) is 0.158. The Morgan fingerprint density at radius 1 is 1.25 bits per heavy atom. The number of nitrogens with zero attached hydrogens (tertiary/aromatic N) is 3. The second-order valence-electron chi connectivity index (χ2n) is 6.07. The number of aromatic nitrogens is 2. The molecule has 1 unspecified atom stereocenters. The number of anilines is 1. The van der Waals surface area contributed by atoms with Crippen LogP contribution in [0.25, 0.3) is 0 Å². The zero-order valence-electron chi connectivity index (χ0n) is 14.9. The topological polar surface area (TPSA) is 96.5 Å². The van der Waals surface area contributed by atoms with Crippen LogP contribution in [-0.4, -0.2) is 33.3 Å². The smallest absolute Gasteiger partial charge is 0.296 e. The monoisotopic (exact) mass is 413 g/mol. The number of carbonyl (C=O) groups excluding carboxylic acids is 2. The minimum Gasteiger partial charge on any atom is -0.503 e. The first-order valence-corrected chi connectivity index (χ1v) is 10.4. The van der Waals surface area contributed by atoms with Crippen LogP contribution in [0.1, 0.15) is 27.9 Å². The van der Waals surface area contributed by atoms with E-state index in [1.165, 1.54) is 16.5 Å². The van der Waals surface area contributed by atoms with E-state index in [1.807, 2.05) is 30.5 Å². The van der Waals surface area contributed by atoms with E-state index >= 15 is 0 Å². The van der Waals surface area contributed by atoms with Crippen molar-refractivity contribution in [3.8, 4) is 0 Å². The average molecular weight is 413 g/mol. The SMILES string of the molecule is CSc1ccc(C2C(C(=O)c3ccc(C)o3)=C(O)C(=O)N2c2nncs2)cc1. The third kappa shape index (κ3) is 3.02. The number of hydrogen-bond acceptors (Lipinski definition) is 8. The van der Waals surface area contributed by atoms with Crippen molar-refractivity contribution < 1.29 is 19.1 Å². The molecule has 3 heterocycles. The summed E-state index contributed by atoms with van der Waals surface area (Å²) in [7, 11) is 0. The lowest BCUT2D eigenvalue weighted by atomic mass is 9.95. The molecule has 1 amide bonds. The number of carbonyl (C=O) groups is 2. The predicted molar refractivity (Wildman–Crippen MR) is 106 cm³/mol. The largest absolute Gasteiger partial charge is 0.503 e. The van der Waals surface area contributed by atoms with Crippen LogP contribution in [0.15, 0.2) is 62.6 Å². The van der Waals surface area contributed by atoms with Gasteiger partial charge < -0.3 is 9.52 Å². The zero-order chi connectivity index (χ0) is 19.8. The number of aliphatic hydroxyl groups is 1. The number of hydrogen-bond donors (Lipinski definition) is 1. The number of benzene rings is 1. The molecular weight excluding hydrogens is 398 g/mol. The molecule has 0 saturated heterocycles. The molecule has 9 heteroatoms. The van der Waals surface area contributed by atoms with Crippen LogP contribution in [0.3, 0.4) is 0 Å². The van der Waals surface area contributed by atoms with Crippen molar-refractivity contribution in [2.45, 2.75) is 17.9 Å². The number of thioether (sulfide) groups is 1. The highest BCUT2D eigenvalue weighted by atomic mass is 32.2. The molecule has 1 aliphatic heterocycles. The fourth-order valence-corrected chi connectivity index (χ4v) is 4.09. The molecule has 3 aromatic rings. The maximum atomic E-state index is 13.1. The summed E-state index contributed by atoms with van der Waals surface area (Å²) in [6, 6.07) is 9.83. The van der Waals surface area contributed by atoms with Crippen LogP contribution in [0.5, 0.6) is 0 Å². The van der Waals surface area contributed by atoms with Gasteiger partial charge in [-0.05, 0) is 43.0 Å². The van der Waals surface area contributed by atoms with E-state index in [0.29, 0.717) is 16.5 Å². The molecule has 0 saturated carbocycles. The maximum absolute atomic E-state index is 13.1. The van der Waals surface area contributed by atoms with Crippen LogP contribution in [0.4, 0.5) is 5.13 Å². The molecule has 0 spiro atoms. The minimum absolute atomic E-state index is 0.0357. The predicted octanol–water partition coefficient (Wildman–Crippen LogP) is 3.94. The quantitative estimate of drug-likeness (QED) is 0.500. The first-order chi connectivity index (χ1) is 13.5. The number of furan rings is 1. The van der Waals surface area contributed by atoms with E-state index in [2.05, 4.69) is 10.2 Å². The number of aryl methyl sites for hydroxylation is 1. The molecule has 28 heavy (non-hydrogen) atoms. The third-order valence-electron chi connectivity index (χ3n) is 4.40. The van der Waals surface area contributed by atoms with Gasteiger partial charge in [-0.3, -0.25) is 14.5 Å².